The van der Waals surface area contributed by atoms with Crippen molar-refractivity contribution in [1.82, 2.24) is 14.9 Å². The molecule has 1 aromatic heterocycles. The lowest BCUT2D eigenvalue weighted by atomic mass is 9.57. The number of piperazine rings is 1. The number of Topliss-reactive ketones (excluding diaryl/α,β-unsaturated/α-hetero) is 1. The Bertz CT molecular complexity index is 762. The second kappa shape index (κ2) is 7.89. The van der Waals surface area contributed by atoms with Crippen LogP contribution in [0.4, 0.5) is 5.95 Å². The molecular weight excluding hydrogens is 372 g/mol. The molecule has 5 nitrogen and oxygen atoms in total. The molecule has 3 heterocycles. The van der Waals surface area contributed by atoms with E-state index in [4.69, 9.17) is 9.97 Å². The van der Waals surface area contributed by atoms with E-state index in [9.17, 15) is 4.79 Å². The zero-order valence-electron chi connectivity index (χ0n) is 19.1. The molecule has 1 aromatic rings. The van der Waals surface area contributed by atoms with E-state index in [1.165, 1.54) is 31.2 Å². The molecule has 6 atom stereocenters. The zero-order valence-corrected chi connectivity index (χ0v) is 19.1. The van der Waals surface area contributed by atoms with Crippen molar-refractivity contribution < 1.29 is 4.79 Å². The quantitative estimate of drug-likeness (QED) is 0.725. The summed E-state index contributed by atoms with van der Waals surface area (Å²) in [5, 5.41) is 0. The maximum atomic E-state index is 12.6. The molecule has 5 heteroatoms. The van der Waals surface area contributed by atoms with Crippen molar-refractivity contribution in [1.29, 1.82) is 0 Å². The first-order valence-electron chi connectivity index (χ1n) is 12.3. The third-order valence-corrected chi connectivity index (χ3v) is 8.65. The lowest BCUT2D eigenvalue weighted by Crippen LogP contribution is -2.56. The van der Waals surface area contributed by atoms with Gasteiger partial charge in [-0.3, -0.25) is 9.69 Å². The van der Waals surface area contributed by atoms with Gasteiger partial charge in [-0.1, -0.05) is 13.8 Å². The zero-order chi connectivity index (χ0) is 21.0. The molecule has 0 radical (unpaired) electrons. The van der Waals surface area contributed by atoms with Gasteiger partial charge in [0.15, 0.2) is 0 Å². The number of aromatic nitrogens is 2. The van der Waals surface area contributed by atoms with Crippen LogP contribution >= 0.6 is 0 Å². The van der Waals surface area contributed by atoms with Gasteiger partial charge in [0.25, 0.3) is 0 Å². The molecule has 2 aliphatic heterocycles. The van der Waals surface area contributed by atoms with Crippen LogP contribution in [0.2, 0.25) is 0 Å². The maximum absolute atomic E-state index is 12.6. The predicted molar refractivity (Wildman–Crippen MR) is 120 cm³/mol. The third kappa shape index (κ3) is 3.47. The van der Waals surface area contributed by atoms with E-state index in [0.29, 0.717) is 47.6 Å². The minimum absolute atomic E-state index is 0.168. The molecule has 3 aliphatic carbocycles. The van der Waals surface area contributed by atoms with Gasteiger partial charge in [0.1, 0.15) is 5.78 Å². The molecule has 4 bridgehead atoms. The van der Waals surface area contributed by atoms with E-state index in [2.05, 4.69) is 49.9 Å². The summed E-state index contributed by atoms with van der Waals surface area (Å²) in [7, 11) is 0. The highest BCUT2D eigenvalue weighted by Gasteiger charge is 2.46. The van der Waals surface area contributed by atoms with Gasteiger partial charge in [0, 0.05) is 55.4 Å². The van der Waals surface area contributed by atoms with Crippen molar-refractivity contribution in [3.05, 3.63) is 18.0 Å². The molecule has 5 fully saturated rings. The predicted octanol–water partition coefficient (Wildman–Crippen LogP) is 4.28. The highest BCUT2D eigenvalue weighted by molar-refractivity contribution is 5.83. The minimum Gasteiger partial charge on any atom is -0.332 e. The van der Waals surface area contributed by atoms with Gasteiger partial charge in [-0.2, -0.15) is 0 Å². The van der Waals surface area contributed by atoms with Gasteiger partial charge in [0.2, 0.25) is 5.95 Å². The molecule has 0 aromatic carbocycles. The van der Waals surface area contributed by atoms with Gasteiger partial charge in [0.05, 0.1) is 0 Å². The fourth-order valence-electron chi connectivity index (χ4n) is 6.96. The Labute approximate surface area is 181 Å². The summed E-state index contributed by atoms with van der Waals surface area (Å²) in [6.07, 6.45) is 11.5. The van der Waals surface area contributed by atoms with Crippen molar-refractivity contribution in [2.45, 2.75) is 90.3 Å². The number of carbonyl (C=O) groups excluding carboxylic acids is 1. The van der Waals surface area contributed by atoms with Gasteiger partial charge in [-0.05, 0) is 75.7 Å². The Balaban J connectivity index is 1.28. The molecule has 0 N–H and O–H groups in total. The standard InChI is InChI=1S/C25H38N4O/c1-15(2)24(30)23-10-17-5-6-18(23)9-22(17)19-11-26-25(27-12-19)29-20-7-8-21(29)14-28(13-20)16(3)4/h11-12,15-18,20-23H,5-10,13-14H2,1-4H3/t17?,18?,20?,21?,22-,23+/m0/s1. The number of ketones is 1. The van der Waals surface area contributed by atoms with Crippen LogP contribution in [0.5, 0.6) is 0 Å². The van der Waals surface area contributed by atoms with Crippen molar-refractivity contribution in [2.75, 3.05) is 18.0 Å². The lowest BCUT2D eigenvalue weighted by molar-refractivity contribution is -0.131. The van der Waals surface area contributed by atoms with Crippen LogP contribution in [0, 0.1) is 23.7 Å². The smallest absolute Gasteiger partial charge is 0.225 e. The first-order valence-corrected chi connectivity index (χ1v) is 12.3. The van der Waals surface area contributed by atoms with Crippen LogP contribution in [-0.2, 0) is 4.79 Å². The van der Waals surface area contributed by atoms with E-state index < -0.39 is 0 Å². The molecule has 2 saturated heterocycles. The molecule has 3 saturated carbocycles. The Morgan fingerprint density at radius 2 is 1.57 bits per heavy atom. The van der Waals surface area contributed by atoms with Gasteiger partial charge >= 0.3 is 0 Å². The average molecular weight is 411 g/mol. The minimum atomic E-state index is 0.168. The Hall–Kier alpha value is -1.49. The van der Waals surface area contributed by atoms with Gasteiger partial charge < -0.3 is 4.90 Å². The van der Waals surface area contributed by atoms with Gasteiger partial charge in [-0.25, -0.2) is 9.97 Å². The number of rotatable bonds is 5. The summed E-state index contributed by atoms with van der Waals surface area (Å²) in [6.45, 7) is 11.0. The lowest BCUT2D eigenvalue weighted by Gasteiger charge is -2.47. The molecule has 30 heavy (non-hydrogen) atoms. The largest absolute Gasteiger partial charge is 0.332 e. The Kier molecular flexibility index (Phi) is 5.37. The second-order valence-electron chi connectivity index (χ2n) is 11.0. The van der Waals surface area contributed by atoms with Crippen molar-refractivity contribution in [2.24, 2.45) is 23.7 Å². The highest BCUT2D eigenvalue weighted by atomic mass is 16.1. The number of carbonyl (C=O) groups is 1. The van der Waals surface area contributed by atoms with E-state index >= 15 is 0 Å². The van der Waals surface area contributed by atoms with Crippen LogP contribution in [0.15, 0.2) is 12.4 Å². The van der Waals surface area contributed by atoms with E-state index in [-0.39, 0.29) is 5.92 Å². The first-order chi connectivity index (χ1) is 14.4. The fourth-order valence-corrected chi connectivity index (χ4v) is 6.96. The van der Waals surface area contributed by atoms with Crippen LogP contribution in [0.3, 0.4) is 0 Å². The summed E-state index contributed by atoms with van der Waals surface area (Å²) < 4.78 is 0. The molecule has 4 unspecified atom stereocenters. The molecule has 0 spiro atoms. The normalized spacial score (nSPS) is 36.1. The maximum Gasteiger partial charge on any atom is 0.225 e. The van der Waals surface area contributed by atoms with Crippen molar-refractivity contribution in [3.63, 3.8) is 0 Å². The number of hydrogen-bond donors (Lipinski definition) is 0. The molecule has 6 rings (SSSR count). The van der Waals surface area contributed by atoms with Crippen molar-refractivity contribution >= 4 is 11.7 Å². The summed E-state index contributed by atoms with van der Waals surface area (Å²) in [6, 6.07) is 1.74. The molecule has 164 valence electrons. The van der Waals surface area contributed by atoms with Crippen LogP contribution in [0.1, 0.15) is 77.7 Å². The Morgan fingerprint density at radius 3 is 2.10 bits per heavy atom. The topological polar surface area (TPSA) is 49.3 Å². The molecule has 0 amide bonds. The van der Waals surface area contributed by atoms with E-state index in [1.54, 1.807) is 0 Å². The van der Waals surface area contributed by atoms with E-state index in [1.807, 2.05) is 0 Å². The number of fused-ring (bicyclic) bond motifs is 5. The number of nitrogens with zero attached hydrogens (tertiary/aromatic N) is 4. The Morgan fingerprint density at radius 1 is 0.933 bits per heavy atom. The summed E-state index contributed by atoms with van der Waals surface area (Å²) in [5.41, 5.74) is 1.30. The van der Waals surface area contributed by atoms with Crippen LogP contribution in [-0.4, -0.2) is 51.9 Å². The highest BCUT2D eigenvalue weighted by Crippen LogP contribution is 2.53. The van der Waals surface area contributed by atoms with Crippen LogP contribution < -0.4 is 4.90 Å². The third-order valence-electron chi connectivity index (χ3n) is 8.65. The average Bonchev–Trinajstić information content (AvgIpc) is 3.02. The fraction of sp³-hybridized carbons (Fsp3) is 0.800. The second-order valence-corrected chi connectivity index (χ2v) is 11.0. The summed E-state index contributed by atoms with van der Waals surface area (Å²) in [5.74, 6) is 3.63. The van der Waals surface area contributed by atoms with Crippen molar-refractivity contribution in [3.8, 4) is 0 Å². The first kappa shape index (κ1) is 20.4. The number of hydrogen-bond acceptors (Lipinski definition) is 5. The van der Waals surface area contributed by atoms with Crippen LogP contribution in [0.25, 0.3) is 0 Å². The monoisotopic (exact) mass is 410 g/mol. The van der Waals surface area contributed by atoms with E-state index in [0.717, 1.165) is 31.9 Å². The number of likely N-dealkylation sites (tertiary alicyclic amines) is 1. The summed E-state index contributed by atoms with van der Waals surface area (Å²) >= 11 is 0. The van der Waals surface area contributed by atoms with Gasteiger partial charge in [-0.15, -0.1) is 0 Å². The SMILES string of the molecule is CC(C)C(=O)[C@@H]1CC2CCC1C[C@@H]2c1cnc(N2C3CCC2CN(C(C)C)C3)nc1. The summed E-state index contributed by atoms with van der Waals surface area (Å²) in [4.78, 5) is 27.5. The number of anilines is 1. The molecule has 5 aliphatic rings. The molecular formula is C25H38N4O.